The van der Waals surface area contributed by atoms with Crippen LogP contribution in [0.25, 0.3) is 0 Å². The molecule has 1 aromatic carbocycles. The van der Waals surface area contributed by atoms with Crippen LogP contribution in [-0.4, -0.2) is 29.5 Å². The van der Waals surface area contributed by atoms with Crippen LogP contribution in [0.3, 0.4) is 0 Å². The monoisotopic (exact) mass is 332 g/mol. The Kier molecular flexibility index (Phi) is 4.22. The van der Waals surface area contributed by atoms with Crippen molar-refractivity contribution in [1.82, 2.24) is 4.90 Å². The summed E-state index contributed by atoms with van der Waals surface area (Å²) in [5, 5.41) is 4.86. The van der Waals surface area contributed by atoms with Crippen LogP contribution in [0, 0.1) is 6.92 Å². The summed E-state index contributed by atoms with van der Waals surface area (Å²) in [7, 11) is 1.80. The number of anilines is 1. The number of carbonyl (C=O) groups excluding carboxylic acids is 2. The zero-order chi connectivity index (χ0) is 15.7. The highest BCUT2D eigenvalue weighted by molar-refractivity contribution is 8.00. The van der Waals surface area contributed by atoms with Gasteiger partial charge in [-0.05, 0) is 42.1 Å². The van der Waals surface area contributed by atoms with Crippen LogP contribution in [0.1, 0.15) is 20.8 Å². The molecule has 2 heterocycles. The lowest BCUT2D eigenvalue weighted by atomic mass is 10.1. The molecule has 22 heavy (non-hydrogen) atoms. The summed E-state index contributed by atoms with van der Waals surface area (Å²) >= 11 is 3.16. The molecule has 4 nitrogen and oxygen atoms in total. The molecule has 0 fully saturated rings. The number of hydrogen-bond acceptors (Lipinski definition) is 4. The summed E-state index contributed by atoms with van der Waals surface area (Å²) in [6.45, 7) is 2.65. The molecular weight excluding hydrogens is 316 g/mol. The summed E-state index contributed by atoms with van der Waals surface area (Å²) in [5.74, 6) is 0.364. The van der Waals surface area contributed by atoms with Gasteiger partial charge in [-0.2, -0.15) is 0 Å². The average molecular weight is 332 g/mol. The highest BCUT2D eigenvalue weighted by Gasteiger charge is 2.19. The summed E-state index contributed by atoms with van der Waals surface area (Å²) in [6, 6.07) is 7.55. The van der Waals surface area contributed by atoms with Gasteiger partial charge in [-0.1, -0.05) is 0 Å². The first-order chi connectivity index (χ1) is 10.5. The number of aryl methyl sites for hydroxylation is 1. The number of carbonyl (C=O) groups is 2. The average Bonchev–Trinajstić information content (AvgIpc) is 2.90. The molecule has 0 bridgehead atoms. The number of nitrogens with one attached hydrogen (secondary N) is 1. The largest absolute Gasteiger partial charge is 0.337 e. The second-order valence-electron chi connectivity index (χ2n) is 5.24. The Morgan fingerprint density at radius 2 is 2.18 bits per heavy atom. The van der Waals surface area contributed by atoms with Gasteiger partial charge in [-0.25, -0.2) is 0 Å². The van der Waals surface area contributed by atoms with E-state index in [1.54, 1.807) is 29.4 Å². The minimum Gasteiger partial charge on any atom is -0.337 e. The molecule has 0 saturated carbocycles. The second-order valence-corrected chi connectivity index (χ2v) is 7.25. The van der Waals surface area contributed by atoms with Crippen molar-refractivity contribution in [3.8, 4) is 0 Å². The number of amides is 2. The first kappa shape index (κ1) is 15.1. The van der Waals surface area contributed by atoms with Crippen molar-refractivity contribution in [2.24, 2.45) is 0 Å². The summed E-state index contributed by atoms with van der Waals surface area (Å²) in [6.07, 6.45) is 0. The fourth-order valence-corrected chi connectivity index (χ4v) is 4.04. The van der Waals surface area contributed by atoms with Gasteiger partial charge in [-0.3, -0.25) is 9.59 Å². The van der Waals surface area contributed by atoms with E-state index in [1.807, 2.05) is 17.5 Å². The molecule has 0 atom stereocenters. The molecule has 0 spiro atoms. The number of nitrogens with zero attached hydrogens (tertiary/aromatic N) is 1. The molecule has 0 unspecified atom stereocenters. The number of thiophene rings is 1. The smallest absolute Gasteiger partial charge is 0.253 e. The van der Waals surface area contributed by atoms with Gasteiger partial charge in [0.2, 0.25) is 5.91 Å². The van der Waals surface area contributed by atoms with Crippen LogP contribution in [0.2, 0.25) is 0 Å². The van der Waals surface area contributed by atoms with E-state index in [1.165, 1.54) is 22.2 Å². The zero-order valence-corrected chi connectivity index (χ0v) is 14.0. The predicted octanol–water partition coefficient (Wildman–Crippen LogP) is 3.37. The third-order valence-corrected chi connectivity index (χ3v) is 5.64. The standard InChI is InChI=1S/C16H16N2O2S2/c1-10-5-6-21-14(10)8-18(2)16(20)11-3-4-13-12(7-11)17-15(19)9-22-13/h3-7H,8-9H2,1-2H3,(H,17,19). The highest BCUT2D eigenvalue weighted by atomic mass is 32.2. The van der Waals surface area contributed by atoms with Crippen molar-refractivity contribution in [3.63, 3.8) is 0 Å². The molecule has 0 radical (unpaired) electrons. The molecule has 1 N–H and O–H groups in total. The van der Waals surface area contributed by atoms with E-state index >= 15 is 0 Å². The van der Waals surface area contributed by atoms with Crippen molar-refractivity contribution in [1.29, 1.82) is 0 Å². The van der Waals surface area contributed by atoms with E-state index < -0.39 is 0 Å². The maximum absolute atomic E-state index is 12.6. The van der Waals surface area contributed by atoms with Crippen molar-refractivity contribution in [2.75, 3.05) is 18.1 Å². The quantitative estimate of drug-likeness (QED) is 0.937. The van der Waals surface area contributed by atoms with Crippen LogP contribution < -0.4 is 5.32 Å². The Labute approximate surface area is 137 Å². The van der Waals surface area contributed by atoms with E-state index in [0.29, 0.717) is 17.9 Å². The summed E-state index contributed by atoms with van der Waals surface area (Å²) < 4.78 is 0. The lowest BCUT2D eigenvalue weighted by molar-refractivity contribution is -0.113. The minimum atomic E-state index is -0.0413. The zero-order valence-electron chi connectivity index (χ0n) is 12.4. The summed E-state index contributed by atoms with van der Waals surface area (Å²) in [4.78, 5) is 27.9. The molecule has 114 valence electrons. The SMILES string of the molecule is Cc1ccsc1CN(C)C(=O)c1ccc2c(c1)NC(=O)CS2. The van der Waals surface area contributed by atoms with Gasteiger partial charge in [0.15, 0.2) is 0 Å². The van der Waals surface area contributed by atoms with Gasteiger partial charge in [0.25, 0.3) is 5.91 Å². The molecule has 2 aromatic rings. The first-order valence-electron chi connectivity index (χ1n) is 6.90. The van der Waals surface area contributed by atoms with E-state index in [-0.39, 0.29) is 11.8 Å². The van der Waals surface area contributed by atoms with Gasteiger partial charge in [-0.15, -0.1) is 23.1 Å². The van der Waals surface area contributed by atoms with E-state index in [9.17, 15) is 9.59 Å². The fourth-order valence-electron chi connectivity index (χ4n) is 2.29. The van der Waals surface area contributed by atoms with Crippen molar-refractivity contribution < 1.29 is 9.59 Å². The Hall–Kier alpha value is -1.79. The van der Waals surface area contributed by atoms with Gasteiger partial charge in [0.1, 0.15) is 0 Å². The highest BCUT2D eigenvalue weighted by Crippen LogP contribution is 2.32. The third-order valence-electron chi connectivity index (χ3n) is 3.56. The Morgan fingerprint density at radius 3 is 2.91 bits per heavy atom. The lowest BCUT2D eigenvalue weighted by Crippen LogP contribution is -2.26. The lowest BCUT2D eigenvalue weighted by Gasteiger charge is -2.20. The minimum absolute atomic E-state index is 0.0235. The predicted molar refractivity (Wildman–Crippen MR) is 90.6 cm³/mol. The molecule has 1 aliphatic rings. The molecule has 6 heteroatoms. The maximum atomic E-state index is 12.6. The molecular formula is C16H16N2O2S2. The Morgan fingerprint density at radius 1 is 1.36 bits per heavy atom. The number of thioether (sulfide) groups is 1. The van der Waals surface area contributed by atoms with Crippen LogP contribution in [-0.2, 0) is 11.3 Å². The molecule has 3 rings (SSSR count). The van der Waals surface area contributed by atoms with Crippen molar-refractivity contribution >= 4 is 40.6 Å². The van der Waals surface area contributed by atoms with E-state index in [4.69, 9.17) is 0 Å². The van der Waals surface area contributed by atoms with Gasteiger partial charge in [0.05, 0.1) is 18.0 Å². The van der Waals surface area contributed by atoms with Crippen LogP contribution in [0.5, 0.6) is 0 Å². The molecule has 1 aliphatic heterocycles. The first-order valence-corrected chi connectivity index (χ1v) is 8.76. The molecule has 1 aromatic heterocycles. The van der Waals surface area contributed by atoms with E-state index in [2.05, 4.69) is 18.3 Å². The third kappa shape index (κ3) is 3.03. The van der Waals surface area contributed by atoms with Crippen molar-refractivity contribution in [2.45, 2.75) is 18.4 Å². The van der Waals surface area contributed by atoms with E-state index in [0.717, 1.165) is 10.6 Å². The number of rotatable bonds is 3. The number of benzene rings is 1. The topological polar surface area (TPSA) is 49.4 Å². The summed E-state index contributed by atoms with van der Waals surface area (Å²) in [5.41, 5.74) is 2.53. The maximum Gasteiger partial charge on any atom is 0.253 e. The fraction of sp³-hybridized carbons (Fsp3) is 0.250. The number of fused-ring (bicyclic) bond motifs is 1. The van der Waals surface area contributed by atoms with Crippen molar-refractivity contribution in [3.05, 3.63) is 45.6 Å². The van der Waals surface area contributed by atoms with Gasteiger partial charge >= 0.3 is 0 Å². The Balaban J connectivity index is 1.78. The molecule has 0 saturated heterocycles. The van der Waals surface area contributed by atoms with Gasteiger partial charge in [0, 0.05) is 22.4 Å². The second kappa shape index (κ2) is 6.14. The molecule has 2 amide bonds. The normalized spacial score (nSPS) is 13.5. The Bertz CT molecular complexity index is 739. The number of hydrogen-bond donors (Lipinski definition) is 1. The van der Waals surface area contributed by atoms with Gasteiger partial charge < -0.3 is 10.2 Å². The van der Waals surface area contributed by atoms with Crippen LogP contribution >= 0.6 is 23.1 Å². The molecule has 0 aliphatic carbocycles. The van der Waals surface area contributed by atoms with Crippen LogP contribution in [0.15, 0.2) is 34.5 Å². The van der Waals surface area contributed by atoms with Crippen LogP contribution in [0.4, 0.5) is 5.69 Å².